The Kier molecular flexibility index (Phi) is 10.9. The molecule has 0 saturated heterocycles. The number of carbonyl (C=O) groups excluding carboxylic acids is 1. The molecule has 3 aromatic heterocycles. The monoisotopic (exact) mass is 829 g/mol. The third-order valence-electron chi connectivity index (χ3n) is 8.54. The Labute approximate surface area is 328 Å². The Morgan fingerprint density at radius 3 is 1.83 bits per heavy atom. The van der Waals surface area contributed by atoms with Crippen LogP contribution in [0.4, 0.5) is 0 Å². The van der Waals surface area contributed by atoms with E-state index in [1.165, 1.54) is 11.5 Å². The maximum absolute atomic E-state index is 13.9. The summed E-state index contributed by atoms with van der Waals surface area (Å²) in [6.07, 6.45) is 2.65. The number of ether oxygens (including phenoxy) is 1. The van der Waals surface area contributed by atoms with Gasteiger partial charge in [0.25, 0.3) is 11.1 Å². The molecule has 0 spiro atoms. The number of unbranched alkanes of at least 4 members (excludes halogenated alkanes) is 1. The molecule has 0 atom stereocenters. The van der Waals surface area contributed by atoms with E-state index in [-0.39, 0.29) is 40.9 Å². The van der Waals surface area contributed by atoms with Crippen LogP contribution in [-0.2, 0) is 45.2 Å². The summed E-state index contributed by atoms with van der Waals surface area (Å²) in [5.41, 5.74) is 0.773. The molecule has 19 nitrogen and oxygen atoms in total. The van der Waals surface area contributed by atoms with Crippen molar-refractivity contribution in [3.63, 3.8) is 0 Å². The molecule has 0 unspecified atom stereocenters. The Hall–Kier alpha value is -6.81. The Balaban J connectivity index is 1.15. The molecule has 4 aromatic carbocycles. The van der Waals surface area contributed by atoms with Gasteiger partial charge in [0.05, 0.1) is 34.5 Å². The van der Waals surface area contributed by atoms with Crippen molar-refractivity contribution in [3.05, 3.63) is 124 Å². The van der Waals surface area contributed by atoms with Crippen molar-refractivity contribution in [1.82, 2.24) is 34.1 Å². The molecule has 0 aliphatic heterocycles. The molecule has 0 aliphatic rings. The summed E-state index contributed by atoms with van der Waals surface area (Å²) in [5, 5.41) is 9.08. The Bertz CT molecular complexity index is 3020. The third kappa shape index (κ3) is 9.24. The molecular formula is C37H31N7O12S2. The van der Waals surface area contributed by atoms with E-state index in [1.807, 2.05) is 0 Å². The highest BCUT2D eigenvalue weighted by molar-refractivity contribution is 7.81. The van der Waals surface area contributed by atoms with Crippen LogP contribution in [0.15, 0.2) is 107 Å². The van der Waals surface area contributed by atoms with E-state index in [1.54, 1.807) is 88.2 Å². The number of nitrogens with zero attached hydrogens (tertiary/aromatic N) is 7. The van der Waals surface area contributed by atoms with Gasteiger partial charge >= 0.3 is 26.8 Å². The molecular weight excluding hydrogens is 799 g/mol. The van der Waals surface area contributed by atoms with Gasteiger partial charge in [-0.1, -0.05) is 41.6 Å². The first kappa shape index (κ1) is 39.4. The zero-order valence-corrected chi connectivity index (χ0v) is 31.8. The first-order valence-corrected chi connectivity index (χ1v) is 20.0. The minimum Gasteiger partial charge on any atom is -0.427 e. The van der Waals surface area contributed by atoms with Crippen molar-refractivity contribution in [1.29, 1.82) is 0 Å². The molecule has 0 saturated carbocycles. The van der Waals surface area contributed by atoms with Crippen LogP contribution in [0, 0.1) is 0 Å². The van der Waals surface area contributed by atoms with Gasteiger partial charge in [-0.25, -0.2) is 9.97 Å². The smallest absolute Gasteiger partial charge is 0.427 e. The minimum atomic E-state index is -5.10. The normalized spacial score (nSPS) is 11.8. The van der Waals surface area contributed by atoms with Gasteiger partial charge in [-0.05, 0) is 61.4 Å². The van der Waals surface area contributed by atoms with Gasteiger partial charge in [0, 0.05) is 37.2 Å². The van der Waals surface area contributed by atoms with Crippen LogP contribution in [0.25, 0.3) is 44.6 Å². The fraction of sp³-hybridized carbons (Fsp3) is 0.162. The second-order valence-electron chi connectivity index (χ2n) is 12.8. The van der Waals surface area contributed by atoms with Gasteiger partial charge in [0.2, 0.25) is 0 Å². The molecule has 0 radical (unpaired) electrons. The lowest BCUT2D eigenvalue weighted by Gasteiger charge is -2.15. The number of aromatic nitrogens is 7. The quantitative estimate of drug-likeness (QED) is 0.0683. The highest BCUT2D eigenvalue weighted by atomic mass is 32.3. The molecule has 0 fully saturated rings. The third-order valence-corrected chi connectivity index (χ3v) is 9.35. The van der Waals surface area contributed by atoms with Crippen LogP contribution in [0.2, 0.25) is 0 Å². The number of rotatable bonds is 14. The van der Waals surface area contributed by atoms with Crippen LogP contribution >= 0.6 is 0 Å². The maximum atomic E-state index is 13.9. The summed E-state index contributed by atoms with van der Waals surface area (Å²) in [6, 6.07) is 23.0. The molecule has 21 heteroatoms. The van der Waals surface area contributed by atoms with Gasteiger partial charge in [0.1, 0.15) is 34.6 Å². The van der Waals surface area contributed by atoms with Gasteiger partial charge < -0.3 is 13.1 Å². The lowest BCUT2D eigenvalue weighted by Crippen LogP contribution is -2.24. The maximum Gasteiger partial charge on any atom is 0.446 e. The number of aryl methyl sites for hydroxylation is 1. The average molecular weight is 830 g/mol. The van der Waals surface area contributed by atoms with E-state index in [4.69, 9.17) is 9.72 Å². The summed E-state index contributed by atoms with van der Waals surface area (Å²) >= 11 is 0. The predicted molar refractivity (Wildman–Crippen MR) is 207 cm³/mol. The van der Waals surface area contributed by atoms with E-state index < -0.39 is 43.8 Å². The number of para-hydroxylation sites is 2. The largest absolute Gasteiger partial charge is 0.446 e. The summed E-state index contributed by atoms with van der Waals surface area (Å²) in [4.78, 5) is 48.5. The number of fused-ring (bicyclic) bond motifs is 2. The SMILES string of the molecule is CC(=O)Oc1cccc(-c2nc3ccccc3c(=O)n2CCCCn2cc(Cn3c(-c4cc(OS(=O)(=O)O)cc(OS(=O)(=O)O)c4)nc4ccccc4c3=O)nn2)c1. The number of benzene rings is 4. The zero-order valence-electron chi connectivity index (χ0n) is 30.2. The summed E-state index contributed by atoms with van der Waals surface area (Å²) in [6.45, 7) is 1.74. The standard InChI is InChI=1S/C37H31N7O12S2/c1-23(45)54-27-10-8-9-24(17-27)34-38-32-13-4-2-11-30(32)36(46)43(34)16-7-6-15-42-21-26(40-41-42)22-44-35(39-33-14-5-3-12-31(33)37(44)47)25-18-28(55-57(48,49)50)20-29(19-25)56-58(51,52)53/h2-5,8-14,17-21H,6-7,15-16,22H2,1H3,(H,48,49,50)(H,51,52,53). The zero-order chi connectivity index (χ0) is 41.2. The molecule has 2 N–H and O–H groups in total. The number of esters is 1. The Morgan fingerprint density at radius 2 is 1.22 bits per heavy atom. The summed E-state index contributed by atoms with van der Waals surface area (Å²) in [5.74, 6) is -1.13. The van der Waals surface area contributed by atoms with E-state index in [0.717, 1.165) is 18.2 Å². The second-order valence-corrected chi connectivity index (χ2v) is 14.8. The van der Waals surface area contributed by atoms with E-state index in [9.17, 15) is 40.3 Å². The van der Waals surface area contributed by atoms with E-state index in [2.05, 4.69) is 23.7 Å². The fourth-order valence-corrected chi connectivity index (χ4v) is 6.94. The molecule has 298 valence electrons. The van der Waals surface area contributed by atoms with Crippen LogP contribution in [0.3, 0.4) is 0 Å². The van der Waals surface area contributed by atoms with Crippen LogP contribution < -0.4 is 24.2 Å². The number of hydrogen-bond acceptors (Lipinski definition) is 14. The molecule has 3 heterocycles. The highest BCUT2D eigenvalue weighted by Gasteiger charge is 2.20. The van der Waals surface area contributed by atoms with Crippen LogP contribution in [0.5, 0.6) is 17.2 Å². The molecule has 7 rings (SSSR count). The first-order valence-electron chi connectivity index (χ1n) is 17.3. The van der Waals surface area contributed by atoms with Crippen molar-refractivity contribution in [2.45, 2.75) is 39.4 Å². The second kappa shape index (κ2) is 16.0. The van der Waals surface area contributed by atoms with Gasteiger partial charge in [0.15, 0.2) is 0 Å². The lowest BCUT2D eigenvalue weighted by atomic mass is 10.1. The lowest BCUT2D eigenvalue weighted by molar-refractivity contribution is -0.131. The van der Waals surface area contributed by atoms with Gasteiger partial charge in [-0.2, -0.15) is 16.8 Å². The van der Waals surface area contributed by atoms with Crippen molar-refractivity contribution >= 4 is 48.6 Å². The van der Waals surface area contributed by atoms with Crippen molar-refractivity contribution < 1.29 is 43.8 Å². The molecule has 0 aliphatic carbocycles. The van der Waals surface area contributed by atoms with Gasteiger partial charge in [-0.3, -0.25) is 37.3 Å². The molecule has 58 heavy (non-hydrogen) atoms. The van der Waals surface area contributed by atoms with Crippen molar-refractivity contribution in [3.8, 4) is 40.0 Å². The molecule has 0 amide bonds. The van der Waals surface area contributed by atoms with Crippen LogP contribution in [-0.4, -0.2) is 66.0 Å². The molecule has 7 aromatic rings. The van der Waals surface area contributed by atoms with Crippen molar-refractivity contribution in [2.75, 3.05) is 0 Å². The fourth-order valence-electron chi connectivity index (χ4n) is 6.26. The molecule has 0 bridgehead atoms. The van der Waals surface area contributed by atoms with Crippen molar-refractivity contribution in [2.24, 2.45) is 0 Å². The highest BCUT2D eigenvalue weighted by Crippen LogP contribution is 2.31. The minimum absolute atomic E-state index is 0.0917. The number of carbonyl (C=O) groups is 1. The van der Waals surface area contributed by atoms with E-state index >= 15 is 0 Å². The van der Waals surface area contributed by atoms with Crippen LogP contribution in [0.1, 0.15) is 25.5 Å². The first-order chi connectivity index (χ1) is 27.6. The number of hydrogen-bond donors (Lipinski definition) is 2. The van der Waals surface area contributed by atoms with E-state index in [0.29, 0.717) is 53.1 Å². The topological polar surface area (TPSA) is 254 Å². The van der Waals surface area contributed by atoms with Gasteiger partial charge in [-0.15, -0.1) is 5.10 Å². The summed E-state index contributed by atoms with van der Waals surface area (Å²) < 4.78 is 83.4. The predicted octanol–water partition coefficient (Wildman–Crippen LogP) is 3.85. The summed E-state index contributed by atoms with van der Waals surface area (Å²) in [7, 11) is -10.2. The Morgan fingerprint density at radius 1 is 0.672 bits per heavy atom. The average Bonchev–Trinajstić information content (AvgIpc) is 3.60.